The van der Waals surface area contributed by atoms with E-state index in [2.05, 4.69) is 29.9 Å². The van der Waals surface area contributed by atoms with E-state index >= 15 is 0 Å². The van der Waals surface area contributed by atoms with Crippen molar-refractivity contribution in [1.29, 1.82) is 5.53 Å². The highest BCUT2D eigenvalue weighted by molar-refractivity contribution is 7.22. The lowest BCUT2D eigenvalue weighted by Crippen LogP contribution is -2.41. The Morgan fingerprint density at radius 3 is 2.43 bits per heavy atom. The zero-order valence-corrected chi connectivity index (χ0v) is 25.3. The highest BCUT2D eigenvalue weighted by atomic mass is 32.1. The summed E-state index contributed by atoms with van der Waals surface area (Å²) in [6.07, 6.45) is -3.10. The average Bonchev–Trinajstić information content (AvgIpc) is 3.43. The third-order valence-corrected chi connectivity index (χ3v) is 8.83. The standard InChI is InChI=1S/C31H27F4N7O4S/c32-30(33)22-14-23-25(15-24(22)45-31(34,35)46-30)47-28(38-23)40-29(44)42(21-12-10-19(11-13-21)18-4-2-1-3-5-18)16-17-6-8-20(9-7-17)26(43)39-27(36)41-37/h6-15,18,37H,1-5,16H2,(H2,36,39,43)(H,38,40,44). The largest absolute Gasteiger partial charge is 0.540 e. The second-order valence-electron chi connectivity index (χ2n) is 11.0. The maximum absolute atomic E-state index is 14.3. The van der Waals surface area contributed by atoms with Crippen LogP contribution in [-0.4, -0.2) is 29.2 Å². The number of aromatic nitrogens is 1. The summed E-state index contributed by atoms with van der Waals surface area (Å²) < 4.78 is 63.9. The Morgan fingerprint density at radius 2 is 1.74 bits per heavy atom. The summed E-state index contributed by atoms with van der Waals surface area (Å²) in [6, 6.07) is 15.2. The predicted molar refractivity (Wildman–Crippen MR) is 165 cm³/mol. The smallest absolute Gasteiger partial charge is 0.409 e. The highest BCUT2D eigenvalue weighted by Crippen LogP contribution is 2.48. The Labute approximate surface area is 268 Å². The summed E-state index contributed by atoms with van der Waals surface area (Å²) in [5.74, 6) is -1.49. The molecular weight excluding hydrogens is 642 g/mol. The van der Waals surface area contributed by atoms with Crippen molar-refractivity contribution in [3.05, 3.63) is 82.9 Å². The first kappa shape index (κ1) is 32.0. The molecule has 1 saturated carbocycles. The minimum absolute atomic E-state index is 0.0197. The normalized spacial score (nSPS) is 17.4. The van der Waals surface area contributed by atoms with Gasteiger partial charge in [0.2, 0.25) is 5.96 Å². The molecule has 244 valence electrons. The van der Waals surface area contributed by atoms with E-state index in [1.165, 1.54) is 41.9 Å². The molecule has 0 atom stereocenters. The number of nitrogens with zero attached hydrogens (tertiary/aromatic N) is 4. The summed E-state index contributed by atoms with van der Waals surface area (Å²) in [5.41, 5.74) is 13.9. The van der Waals surface area contributed by atoms with Gasteiger partial charge in [0.25, 0.3) is 5.91 Å². The fourth-order valence-corrected chi connectivity index (χ4v) is 6.47. The van der Waals surface area contributed by atoms with Crippen molar-refractivity contribution in [2.75, 3.05) is 10.2 Å². The van der Waals surface area contributed by atoms with E-state index in [9.17, 15) is 27.2 Å². The zero-order valence-electron chi connectivity index (χ0n) is 24.5. The van der Waals surface area contributed by atoms with Crippen LogP contribution in [-0.2, 0) is 17.4 Å². The van der Waals surface area contributed by atoms with E-state index in [1.54, 1.807) is 12.1 Å². The van der Waals surface area contributed by atoms with Crippen molar-refractivity contribution < 1.29 is 36.6 Å². The van der Waals surface area contributed by atoms with Crippen molar-refractivity contribution in [1.82, 2.24) is 4.98 Å². The van der Waals surface area contributed by atoms with Gasteiger partial charge in [-0.3, -0.25) is 15.0 Å². The van der Waals surface area contributed by atoms with Gasteiger partial charge in [-0.25, -0.2) is 20.0 Å². The van der Waals surface area contributed by atoms with Crippen molar-refractivity contribution in [2.45, 2.75) is 57.0 Å². The van der Waals surface area contributed by atoms with Gasteiger partial charge in [0.05, 0.1) is 22.3 Å². The highest BCUT2D eigenvalue weighted by Gasteiger charge is 2.54. The molecule has 1 aromatic heterocycles. The molecule has 3 amide bonds. The zero-order chi connectivity index (χ0) is 33.3. The van der Waals surface area contributed by atoms with Gasteiger partial charge in [0.1, 0.15) is 5.75 Å². The molecule has 0 bridgehead atoms. The quantitative estimate of drug-likeness (QED) is 0.0816. The van der Waals surface area contributed by atoms with Crippen molar-refractivity contribution in [3.63, 3.8) is 0 Å². The molecule has 1 fully saturated rings. The van der Waals surface area contributed by atoms with Gasteiger partial charge in [-0.05, 0) is 60.2 Å². The van der Waals surface area contributed by atoms with E-state index in [0.29, 0.717) is 17.2 Å². The minimum atomic E-state index is -4.53. The number of nitrogens with two attached hydrogens (primary N) is 1. The van der Waals surface area contributed by atoms with Crippen LogP contribution in [0.4, 0.5) is 33.2 Å². The first-order valence-electron chi connectivity index (χ1n) is 14.5. The summed E-state index contributed by atoms with van der Waals surface area (Å²) in [6.45, 7) is 0.0578. The molecule has 0 spiro atoms. The number of ether oxygens (including phenoxy) is 2. The van der Waals surface area contributed by atoms with Crippen LogP contribution in [0, 0.1) is 5.53 Å². The summed E-state index contributed by atoms with van der Waals surface area (Å²) >= 11 is 0.889. The average molecular weight is 670 g/mol. The number of aliphatic imine (C=N–C) groups is 1. The number of rotatable bonds is 6. The summed E-state index contributed by atoms with van der Waals surface area (Å²) in [4.78, 5) is 35.2. The number of fused-ring (bicyclic) bond motifs is 2. The second kappa shape index (κ2) is 12.7. The third-order valence-electron chi connectivity index (χ3n) is 7.89. The lowest BCUT2D eigenvalue weighted by molar-refractivity contribution is -0.461. The molecule has 2 heterocycles. The Balaban J connectivity index is 1.27. The lowest BCUT2D eigenvalue weighted by atomic mass is 9.84. The molecule has 1 aliphatic heterocycles. The molecule has 47 heavy (non-hydrogen) atoms. The number of nitrogens with one attached hydrogen (secondary N) is 2. The molecule has 11 nitrogen and oxygen atoms in total. The van der Waals surface area contributed by atoms with E-state index in [-0.39, 0.29) is 27.5 Å². The number of hydrogen-bond acceptors (Lipinski definition) is 7. The van der Waals surface area contributed by atoms with Crippen molar-refractivity contribution in [2.24, 2.45) is 15.8 Å². The number of alkyl halides is 4. The molecule has 2 aliphatic rings. The molecule has 0 saturated heterocycles. The molecule has 6 rings (SSSR count). The number of urea groups is 1. The number of carbonyl (C=O) groups excluding carboxylic acids is 2. The summed E-state index contributed by atoms with van der Waals surface area (Å²) in [7, 11) is 0. The fourth-order valence-electron chi connectivity index (χ4n) is 5.60. The molecule has 16 heteroatoms. The molecular formula is C31H27F4N7O4S. The number of anilines is 2. The molecule has 4 aromatic rings. The SMILES string of the molecule is N=NC(N)=NC(=O)c1ccc(CN(C(=O)Nc2nc3cc4c(cc3s2)OC(F)(F)OC4(F)F)c2ccc(C3CCCCC3)cc2)cc1. The van der Waals surface area contributed by atoms with Gasteiger partial charge in [-0.1, -0.05) is 54.9 Å². The van der Waals surface area contributed by atoms with Crippen molar-refractivity contribution >= 4 is 50.3 Å². The van der Waals surface area contributed by atoms with Gasteiger partial charge in [-0.2, -0.15) is 13.8 Å². The number of amides is 3. The first-order chi connectivity index (χ1) is 22.4. The number of thiazole rings is 1. The maximum atomic E-state index is 14.3. The number of halogens is 4. The molecule has 3 aromatic carbocycles. The van der Waals surface area contributed by atoms with E-state index in [0.717, 1.165) is 36.3 Å². The fraction of sp³-hybridized carbons (Fsp3) is 0.290. The van der Waals surface area contributed by atoms with Crippen LogP contribution >= 0.6 is 11.3 Å². The van der Waals surface area contributed by atoms with Crippen LogP contribution in [0.25, 0.3) is 10.2 Å². The number of benzene rings is 3. The van der Waals surface area contributed by atoms with E-state index in [4.69, 9.17) is 11.3 Å². The van der Waals surface area contributed by atoms with E-state index < -0.39 is 41.6 Å². The van der Waals surface area contributed by atoms with Crippen LogP contribution in [0.5, 0.6) is 5.75 Å². The van der Waals surface area contributed by atoms with Gasteiger partial charge in [0.15, 0.2) is 5.13 Å². The Morgan fingerprint density at radius 1 is 1.04 bits per heavy atom. The predicted octanol–water partition coefficient (Wildman–Crippen LogP) is 8.08. The third kappa shape index (κ3) is 7.07. The monoisotopic (exact) mass is 669 g/mol. The van der Waals surface area contributed by atoms with Crippen LogP contribution in [0.2, 0.25) is 0 Å². The Kier molecular flexibility index (Phi) is 8.63. The topological polar surface area (TPSA) is 155 Å². The van der Waals surface area contributed by atoms with Gasteiger partial charge < -0.3 is 10.5 Å². The van der Waals surface area contributed by atoms with Crippen LogP contribution in [0.15, 0.2) is 70.8 Å². The Hall–Kier alpha value is -4.96. The van der Waals surface area contributed by atoms with Gasteiger partial charge >= 0.3 is 18.4 Å². The second-order valence-corrected chi connectivity index (χ2v) is 12.1. The number of guanidine groups is 1. The minimum Gasteiger partial charge on any atom is -0.409 e. The van der Waals surface area contributed by atoms with Crippen LogP contribution in [0.3, 0.4) is 0 Å². The molecule has 0 unspecified atom stereocenters. The lowest BCUT2D eigenvalue weighted by Gasteiger charge is -2.30. The summed E-state index contributed by atoms with van der Waals surface area (Å²) in [5, 5.41) is 5.62. The van der Waals surface area contributed by atoms with Crippen molar-refractivity contribution in [3.8, 4) is 5.75 Å². The molecule has 0 radical (unpaired) electrons. The number of hydrogen-bond donors (Lipinski definition) is 3. The van der Waals surface area contributed by atoms with Crippen LogP contribution in [0.1, 0.15) is 65.1 Å². The van der Waals surface area contributed by atoms with Gasteiger partial charge in [-0.15, -0.1) is 13.9 Å². The van der Waals surface area contributed by atoms with E-state index in [1.807, 2.05) is 24.3 Å². The van der Waals surface area contributed by atoms with Gasteiger partial charge in [0, 0.05) is 17.3 Å². The first-order valence-corrected chi connectivity index (χ1v) is 15.4. The Bertz CT molecular complexity index is 1860. The molecule has 1 aliphatic carbocycles. The van der Waals surface area contributed by atoms with Crippen LogP contribution < -0.4 is 20.7 Å². The molecule has 4 N–H and O–H groups in total. The number of carbonyl (C=O) groups is 2. The maximum Gasteiger partial charge on any atom is 0.540 e.